The molecule has 0 unspecified atom stereocenters. The van der Waals surface area contributed by atoms with E-state index in [0.717, 1.165) is 50.4 Å². The Morgan fingerprint density at radius 2 is 0.793 bits per heavy atom. The third-order valence-corrected chi connectivity index (χ3v) is 15.8. The van der Waals surface area contributed by atoms with Gasteiger partial charge in [-0.25, -0.2) is 43.1 Å². The van der Waals surface area contributed by atoms with Crippen molar-refractivity contribution in [1.29, 1.82) is 0 Å². The van der Waals surface area contributed by atoms with Crippen LogP contribution < -0.4 is 46.5 Å². The van der Waals surface area contributed by atoms with Crippen molar-refractivity contribution in [2.24, 2.45) is 0 Å². The minimum Gasteiger partial charge on any atom is -0.491 e. The van der Waals surface area contributed by atoms with Gasteiger partial charge >= 0.3 is 86.8 Å². The van der Waals surface area contributed by atoms with Gasteiger partial charge < -0.3 is 108 Å². The third kappa shape index (κ3) is 34.6. The average Bonchev–Trinajstić information content (AvgIpc) is 0.794. The molecule has 7 N–H and O–H groups in total. The summed E-state index contributed by atoms with van der Waals surface area (Å²) in [7, 11) is 0. The second-order valence-corrected chi connectivity index (χ2v) is 25.4. The number of benzene rings is 6. The number of esters is 1. The second kappa shape index (κ2) is 52.2. The number of nitrogens with two attached hydrogens (primary N) is 1. The zero-order valence-electron chi connectivity index (χ0n) is 62.1. The van der Waals surface area contributed by atoms with Gasteiger partial charge in [-0.05, 0) is 162 Å². The second-order valence-electron chi connectivity index (χ2n) is 23.8. The Bertz CT molecular complexity index is 4340. The molecular formula is C78H88Cl4F3N15O8U2V. The van der Waals surface area contributed by atoms with Gasteiger partial charge in [0.05, 0.1) is 68.5 Å². The maximum absolute atomic E-state index is 13.5. The number of rotatable bonds is 32. The quantitative estimate of drug-likeness (QED) is 0.00571. The first-order valence-electron chi connectivity index (χ1n) is 33.6. The Labute approximate surface area is 726 Å². The monoisotopic (exact) mass is 2090 g/mol. The zero-order valence-corrected chi connectivity index (χ0v) is 74.8. The summed E-state index contributed by atoms with van der Waals surface area (Å²) in [6, 6.07) is 23.4. The molecule has 585 valence electrons. The number of hydrogen-bond donors (Lipinski definition) is 6. The van der Waals surface area contributed by atoms with Crippen molar-refractivity contribution in [1.82, 2.24) is 44.6 Å². The van der Waals surface area contributed by atoms with Gasteiger partial charge in [0.1, 0.15) is 76.7 Å². The molecule has 0 bridgehead atoms. The number of nitrogens with zero attached hydrogens (tertiary/aromatic N) is 9. The first kappa shape index (κ1) is 99.8. The number of amides is 2. The van der Waals surface area contributed by atoms with Crippen molar-refractivity contribution in [3.8, 4) is 17.2 Å². The molecule has 0 atom stereocenters. The number of carbonyl (C=O) groups excluding carboxylic acids is 4. The van der Waals surface area contributed by atoms with Crippen LogP contribution in [-0.2, 0) is 42.5 Å². The summed E-state index contributed by atoms with van der Waals surface area (Å²) < 4.78 is 62.9. The van der Waals surface area contributed by atoms with E-state index in [4.69, 9.17) is 71.1 Å². The smallest absolute Gasteiger partial charge is 0.491 e. The Morgan fingerprint density at radius 3 is 1.05 bits per heavy atom. The molecule has 1 radical (unpaired) electrons. The van der Waals surface area contributed by atoms with Crippen LogP contribution in [0.3, 0.4) is 0 Å². The van der Waals surface area contributed by atoms with Crippen LogP contribution in [0.4, 0.5) is 64.7 Å². The average molecular weight is 2090 g/mol. The van der Waals surface area contributed by atoms with Crippen LogP contribution in [0.5, 0.6) is 17.2 Å². The molecule has 9 rings (SSSR count). The molecule has 0 spiro atoms. The van der Waals surface area contributed by atoms with Gasteiger partial charge in [0.2, 0.25) is 17.1 Å². The van der Waals surface area contributed by atoms with Crippen molar-refractivity contribution in [3.63, 3.8) is 0 Å². The van der Waals surface area contributed by atoms with E-state index in [0.29, 0.717) is 155 Å². The van der Waals surface area contributed by atoms with Crippen molar-refractivity contribution < 1.29 is 132 Å². The maximum Gasteiger partial charge on any atom is 2.00 e. The molecule has 0 fully saturated rings. The van der Waals surface area contributed by atoms with E-state index in [1.807, 2.05) is 20.8 Å². The third-order valence-electron chi connectivity index (χ3n) is 14.8. The summed E-state index contributed by atoms with van der Waals surface area (Å²) in [4.78, 5) is 75.8. The number of allylic oxidation sites excluding steroid dienone is 1. The van der Waals surface area contributed by atoms with Crippen LogP contribution in [-0.4, -0.2) is 152 Å². The molecule has 3 aromatic heterocycles. The van der Waals surface area contributed by atoms with Crippen LogP contribution >= 0.6 is 46.4 Å². The zero-order chi connectivity index (χ0) is 79.5. The van der Waals surface area contributed by atoms with Gasteiger partial charge in [-0.15, -0.1) is 39.3 Å². The largest absolute Gasteiger partial charge is 2.00 e. The topological polar surface area (TPSA) is 278 Å². The van der Waals surface area contributed by atoms with Crippen LogP contribution in [0.1, 0.15) is 47.0 Å². The summed E-state index contributed by atoms with van der Waals surface area (Å²) in [5.41, 5.74) is 10.8. The van der Waals surface area contributed by atoms with Crippen LogP contribution in [0.25, 0.3) is 32.7 Å². The predicted octanol–water partition coefficient (Wildman–Crippen LogP) is 16.8. The summed E-state index contributed by atoms with van der Waals surface area (Å²) >= 11 is 22.3. The number of hydrogen-bond acceptors (Lipinski definition) is 21. The molecular weight excluding hydrogens is 2000 g/mol. The van der Waals surface area contributed by atoms with Crippen LogP contribution in [0, 0.1) is 121 Å². The fraction of sp³-hybridized carbons (Fsp3) is 0.256. The minimum atomic E-state index is -0.514. The van der Waals surface area contributed by atoms with Gasteiger partial charge in [0.15, 0.2) is 0 Å². The Hall–Kier alpha value is -7.24. The number of ether oxygens (including phenoxy) is 4. The van der Waals surface area contributed by atoms with E-state index in [-0.39, 0.29) is 119 Å². The molecule has 23 nitrogen and oxygen atoms in total. The van der Waals surface area contributed by atoms with Crippen molar-refractivity contribution in [2.45, 2.75) is 52.6 Å². The van der Waals surface area contributed by atoms with E-state index in [1.54, 1.807) is 54.6 Å². The SMILES string of the molecule is C=CC(=O)Cl.C=CC(=O)Nc1cc2c(Nc3ccc(F)c(Cl)c3)ncnc2cc1OCCCN(C[CH2-])C[CH2-].C=CC(=O)Nc1cc2c(Nc3ccc(F)c(Cl)c3)ncnc2cc1OCCCN(C[CH2-])C[CH2-].CC(=O)OC(C)(C)C.[CH2-]CN(C[CH2-])CCCOc1cc2ncnc(Nc3ccc(F)c(Cl)c3)c2cc1N.[U+2].[U+2].[V+2]. The molecule has 0 aliphatic carbocycles. The Balaban J connectivity index is 0.000000516. The molecule has 2 amide bonds. The maximum atomic E-state index is 13.5. The van der Waals surface area contributed by atoms with Crippen molar-refractivity contribution >= 4 is 154 Å². The van der Waals surface area contributed by atoms with E-state index in [2.05, 4.69) is 132 Å². The summed E-state index contributed by atoms with van der Waals surface area (Å²) in [6.07, 6.45) is 10.0. The first-order chi connectivity index (χ1) is 51.6. The van der Waals surface area contributed by atoms with E-state index in [1.165, 1.54) is 74.5 Å². The van der Waals surface area contributed by atoms with Gasteiger partial charge in [-0.2, -0.15) is 0 Å². The van der Waals surface area contributed by atoms with Gasteiger partial charge in [-0.3, -0.25) is 19.2 Å². The molecule has 6 aromatic carbocycles. The Kier molecular flexibility index (Phi) is 47.0. The molecule has 0 saturated carbocycles. The summed E-state index contributed by atoms with van der Waals surface area (Å²) in [6.45, 7) is 48.2. The summed E-state index contributed by atoms with van der Waals surface area (Å²) in [5, 5.41) is 16.4. The van der Waals surface area contributed by atoms with Crippen molar-refractivity contribution in [3.05, 3.63) is 222 Å². The van der Waals surface area contributed by atoms with E-state index in [9.17, 15) is 32.3 Å². The number of halogens is 7. The number of nitrogen functional groups attached to an aromatic ring is 1. The number of nitrogens with one attached hydrogen (secondary N) is 5. The van der Waals surface area contributed by atoms with Gasteiger partial charge in [0, 0.05) is 58.3 Å². The number of anilines is 9. The first-order valence-corrected chi connectivity index (χ1v) is 35.1. The molecule has 111 heavy (non-hydrogen) atoms. The molecule has 3 heterocycles. The van der Waals surface area contributed by atoms with Crippen LogP contribution in [0.2, 0.25) is 15.1 Å². The summed E-state index contributed by atoms with van der Waals surface area (Å²) in [5.74, 6) is 0.494. The minimum absolute atomic E-state index is 0. The Morgan fingerprint density at radius 1 is 0.495 bits per heavy atom. The number of aromatic nitrogens is 6. The normalized spacial score (nSPS) is 10.5. The fourth-order valence-corrected chi connectivity index (χ4v) is 10.0. The number of carbonyl (C=O) groups is 4. The predicted molar refractivity (Wildman–Crippen MR) is 429 cm³/mol. The standard InChI is InChI=1S/2C24H25ClFN5O2.C21H23ClFN5O.C6H12O2.C3H3ClO.2U.V/c2*1-4-23(32)30-21-13-17-20(14-22(21)33-11-7-10-31(5-2)6-3)27-15-28-24(17)29-16-8-9-19(26)18(25)12-16;1-3-28(4-2)8-5-9-29-20-12-19-15(11-18(20)24)21(26-13-25-19)27-14-6-7-17(23)16(22)10-14;1-5(7)8-6(2,3)4;1-2-3(4)5;;;/h2*4,8-9,12-15H,1-3,5-7,10-11H2,(H,30,32)(H,27,28,29);6-7,10-13H,1-5,8-9,24H2,(H,25,26,27);1-4H3;2H,1H2;;;/q3*-2;;;3*+2. The fourth-order valence-electron chi connectivity index (χ4n) is 9.47. The van der Waals surface area contributed by atoms with E-state index < -0.39 is 22.7 Å². The molecule has 0 aliphatic heterocycles. The molecule has 33 heteroatoms. The van der Waals surface area contributed by atoms with Crippen molar-refractivity contribution in [2.75, 3.05) is 111 Å². The molecule has 9 aromatic rings. The van der Waals surface area contributed by atoms with Gasteiger partial charge in [-0.1, -0.05) is 54.5 Å². The number of fused-ring (bicyclic) bond motifs is 3. The van der Waals surface area contributed by atoms with E-state index >= 15 is 0 Å². The molecule has 0 aliphatic rings. The van der Waals surface area contributed by atoms with Gasteiger partial charge in [0.25, 0.3) is 0 Å². The molecule has 0 saturated heterocycles. The van der Waals surface area contributed by atoms with Crippen LogP contribution in [0.15, 0.2) is 148 Å².